The molecular formula is C24H33N5O3. The minimum atomic E-state index is -0.979. The standard InChI is InChI=1S/C24H33N5O3/c1-16-9-8-10-17(2)28(16)13-6-3-7-14-29-18-11-4-5-12-19(18)31-21(24(29)30)23-27-15-20(32-23)22(25)26/h4-5,11-12,15-17,21H,3,6-10,13-14H2,1-2H3,(H3,25,26)/t16-,17+,21?. The predicted octanol–water partition coefficient (Wildman–Crippen LogP) is 3.86. The molecule has 8 nitrogen and oxygen atoms in total. The molecular weight excluding hydrogens is 406 g/mol. The molecule has 0 saturated carbocycles. The van der Waals surface area contributed by atoms with Gasteiger partial charge in [0.05, 0.1) is 11.9 Å². The van der Waals surface area contributed by atoms with E-state index in [1.54, 1.807) is 4.90 Å². The van der Waals surface area contributed by atoms with Gasteiger partial charge in [-0.3, -0.25) is 15.1 Å². The number of likely N-dealkylation sites (tertiary alicyclic amines) is 1. The fourth-order valence-electron chi connectivity index (χ4n) is 4.79. The molecule has 0 aliphatic carbocycles. The maximum Gasteiger partial charge on any atom is 0.277 e. The second kappa shape index (κ2) is 9.73. The van der Waals surface area contributed by atoms with Crippen LogP contribution in [0, 0.1) is 5.41 Å². The fourth-order valence-corrected chi connectivity index (χ4v) is 4.79. The molecule has 8 heteroatoms. The predicted molar refractivity (Wildman–Crippen MR) is 123 cm³/mol. The number of hydrogen-bond donors (Lipinski definition) is 2. The van der Waals surface area contributed by atoms with Crippen LogP contribution < -0.4 is 15.4 Å². The molecule has 32 heavy (non-hydrogen) atoms. The smallest absolute Gasteiger partial charge is 0.277 e. The number of carbonyl (C=O) groups excluding carboxylic acids is 1. The van der Waals surface area contributed by atoms with Gasteiger partial charge in [-0.2, -0.15) is 0 Å². The quantitative estimate of drug-likeness (QED) is 0.367. The summed E-state index contributed by atoms with van der Waals surface area (Å²) in [6.07, 6.45) is 7.37. The van der Waals surface area contributed by atoms with Gasteiger partial charge in [-0.25, -0.2) is 4.98 Å². The molecule has 2 aliphatic heterocycles. The molecule has 172 valence electrons. The molecule has 0 radical (unpaired) electrons. The monoisotopic (exact) mass is 439 g/mol. The van der Waals surface area contributed by atoms with Crippen molar-refractivity contribution in [2.45, 2.75) is 70.6 Å². The Morgan fingerprint density at radius 1 is 1.16 bits per heavy atom. The van der Waals surface area contributed by atoms with E-state index in [0.29, 0.717) is 24.4 Å². The Morgan fingerprint density at radius 2 is 1.88 bits per heavy atom. The van der Waals surface area contributed by atoms with E-state index in [1.165, 1.54) is 25.5 Å². The Hall–Kier alpha value is -2.87. The van der Waals surface area contributed by atoms with Crippen molar-refractivity contribution < 1.29 is 13.9 Å². The molecule has 1 unspecified atom stereocenters. The summed E-state index contributed by atoms with van der Waals surface area (Å²) in [5.74, 6) is 0.423. The van der Waals surface area contributed by atoms with Gasteiger partial charge in [-0.15, -0.1) is 0 Å². The van der Waals surface area contributed by atoms with Gasteiger partial charge in [0.15, 0.2) is 11.6 Å². The largest absolute Gasteiger partial charge is 0.468 e. The van der Waals surface area contributed by atoms with E-state index in [2.05, 4.69) is 23.7 Å². The second-order valence-electron chi connectivity index (χ2n) is 8.86. The minimum Gasteiger partial charge on any atom is -0.468 e. The lowest BCUT2D eigenvalue weighted by Gasteiger charge is -2.39. The number of ether oxygens (including phenoxy) is 1. The Balaban J connectivity index is 1.39. The van der Waals surface area contributed by atoms with Crippen molar-refractivity contribution >= 4 is 17.4 Å². The van der Waals surface area contributed by atoms with Crippen LogP contribution in [0.2, 0.25) is 0 Å². The number of anilines is 1. The topological polar surface area (TPSA) is 109 Å². The number of hydrogen-bond acceptors (Lipinski definition) is 6. The van der Waals surface area contributed by atoms with E-state index >= 15 is 0 Å². The van der Waals surface area contributed by atoms with E-state index in [0.717, 1.165) is 31.5 Å². The van der Waals surface area contributed by atoms with E-state index in [1.807, 2.05) is 24.3 Å². The molecule has 0 bridgehead atoms. The number of nitrogens with two attached hydrogens (primary N) is 1. The minimum absolute atomic E-state index is 0.118. The number of para-hydroxylation sites is 2. The van der Waals surface area contributed by atoms with Crippen LogP contribution in [0.15, 0.2) is 34.9 Å². The summed E-state index contributed by atoms with van der Waals surface area (Å²) in [7, 11) is 0. The molecule has 2 aromatic rings. The number of carbonyl (C=O) groups is 1. The maximum absolute atomic E-state index is 13.3. The van der Waals surface area contributed by atoms with Crippen LogP contribution in [-0.2, 0) is 4.79 Å². The van der Waals surface area contributed by atoms with Crippen LogP contribution in [0.1, 0.15) is 70.1 Å². The van der Waals surface area contributed by atoms with Crippen LogP contribution in [0.4, 0.5) is 5.69 Å². The number of fused-ring (bicyclic) bond motifs is 1. The number of amidine groups is 1. The van der Waals surface area contributed by atoms with Gasteiger partial charge < -0.3 is 19.8 Å². The zero-order chi connectivity index (χ0) is 22.7. The summed E-state index contributed by atoms with van der Waals surface area (Å²) in [5, 5.41) is 7.50. The summed E-state index contributed by atoms with van der Waals surface area (Å²) in [5.41, 5.74) is 6.24. The van der Waals surface area contributed by atoms with Crippen molar-refractivity contribution in [3.05, 3.63) is 42.1 Å². The highest BCUT2D eigenvalue weighted by Crippen LogP contribution is 2.38. The first-order valence-corrected chi connectivity index (χ1v) is 11.6. The zero-order valence-corrected chi connectivity index (χ0v) is 18.9. The Bertz CT molecular complexity index is 949. The summed E-state index contributed by atoms with van der Waals surface area (Å²) >= 11 is 0. The molecule has 3 N–H and O–H groups in total. The number of rotatable bonds is 8. The van der Waals surface area contributed by atoms with Gasteiger partial charge in [0.25, 0.3) is 12.0 Å². The van der Waals surface area contributed by atoms with E-state index < -0.39 is 6.10 Å². The van der Waals surface area contributed by atoms with Crippen molar-refractivity contribution in [2.24, 2.45) is 5.73 Å². The molecule has 3 heterocycles. The number of benzene rings is 1. The van der Waals surface area contributed by atoms with Crippen molar-refractivity contribution in [1.29, 1.82) is 5.41 Å². The average Bonchev–Trinajstić information content (AvgIpc) is 3.27. The number of nitrogens with zero attached hydrogens (tertiary/aromatic N) is 3. The lowest BCUT2D eigenvalue weighted by Crippen LogP contribution is -2.44. The lowest BCUT2D eigenvalue weighted by molar-refractivity contribution is -0.127. The van der Waals surface area contributed by atoms with Crippen LogP contribution in [-0.4, -0.2) is 46.8 Å². The third-order valence-corrected chi connectivity index (χ3v) is 6.58. The summed E-state index contributed by atoms with van der Waals surface area (Å²) < 4.78 is 11.4. The molecule has 1 aromatic carbocycles. The SMILES string of the molecule is C[C@@H]1CCC[C@H](C)N1CCCCCN1C(=O)C(c2ncc(C(=N)N)o2)Oc2ccccc21. The average molecular weight is 440 g/mol. The van der Waals surface area contributed by atoms with Gasteiger partial charge >= 0.3 is 0 Å². The Kier molecular flexibility index (Phi) is 6.79. The van der Waals surface area contributed by atoms with Gasteiger partial charge in [-0.1, -0.05) is 25.0 Å². The third-order valence-electron chi connectivity index (χ3n) is 6.58. The second-order valence-corrected chi connectivity index (χ2v) is 8.86. The lowest BCUT2D eigenvalue weighted by atomic mass is 9.97. The maximum atomic E-state index is 13.3. The first kappa shape index (κ1) is 22.3. The Morgan fingerprint density at radius 3 is 2.59 bits per heavy atom. The Labute approximate surface area is 189 Å². The molecule has 4 rings (SSSR count). The van der Waals surface area contributed by atoms with Crippen molar-refractivity contribution in [3.8, 4) is 5.75 Å². The number of piperidine rings is 1. The molecule has 0 spiro atoms. The number of aromatic nitrogens is 1. The highest BCUT2D eigenvalue weighted by molar-refractivity contribution is 6.00. The molecule has 1 aromatic heterocycles. The highest BCUT2D eigenvalue weighted by Gasteiger charge is 2.38. The van der Waals surface area contributed by atoms with Crippen molar-refractivity contribution in [3.63, 3.8) is 0 Å². The van der Waals surface area contributed by atoms with Crippen LogP contribution in [0.25, 0.3) is 0 Å². The van der Waals surface area contributed by atoms with Crippen molar-refractivity contribution in [2.75, 3.05) is 18.0 Å². The fraction of sp³-hybridized carbons (Fsp3) is 0.542. The van der Waals surface area contributed by atoms with Crippen LogP contribution >= 0.6 is 0 Å². The number of unbranched alkanes of at least 4 members (excludes halogenated alkanes) is 2. The normalized spacial score (nSPS) is 23.6. The summed E-state index contributed by atoms with van der Waals surface area (Å²) in [6, 6.07) is 8.84. The first-order valence-electron chi connectivity index (χ1n) is 11.6. The van der Waals surface area contributed by atoms with Gasteiger partial charge in [0.2, 0.25) is 5.89 Å². The number of nitrogen functional groups attached to an aromatic ring is 1. The summed E-state index contributed by atoms with van der Waals surface area (Å²) in [6.45, 7) is 6.39. The number of oxazole rings is 1. The van der Waals surface area contributed by atoms with E-state index in [9.17, 15) is 4.79 Å². The van der Waals surface area contributed by atoms with Crippen LogP contribution in [0.3, 0.4) is 0 Å². The molecule has 1 fully saturated rings. The van der Waals surface area contributed by atoms with Gasteiger partial charge in [0, 0.05) is 18.6 Å². The molecule has 3 atom stereocenters. The number of amides is 1. The molecule has 1 amide bonds. The zero-order valence-electron chi connectivity index (χ0n) is 18.9. The highest BCUT2D eigenvalue weighted by atomic mass is 16.5. The first-order chi connectivity index (χ1) is 15.5. The van der Waals surface area contributed by atoms with Gasteiger partial charge in [-0.05, 0) is 58.2 Å². The number of nitrogens with one attached hydrogen (secondary N) is 1. The van der Waals surface area contributed by atoms with E-state index in [4.69, 9.17) is 20.3 Å². The van der Waals surface area contributed by atoms with Crippen LogP contribution in [0.5, 0.6) is 5.75 Å². The third kappa shape index (κ3) is 4.65. The molecule has 1 saturated heterocycles. The van der Waals surface area contributed by atoms with E-state index in [-0.39, 0.29) is 23.4 Å². The van der Waals surface area contributed by atoms with Gasteiger partial charge in [0.1, 0.15) is 5.75 Å². The van der Waals surface area contributed by atoms with Crippen molar-refractivity contribution in [1.82, 2.24) is 9.88 Å². The summed E-state index contributed by atoms with van der Waals surface area (Å²) in [4.78, 5) is 21.8. The molecule has 2 aliphatic rings.